The predicted molar refractivity (Wildman–Crippen MR) is 147 cm³/mol. The summed E-state index contributed by atoms with van der Waals surface area (Å²) in [5.74, 6) is -0.462. The molecule has 39 heavy (non-hydrogen) atoms. The van der Waals surface area contributed by atoms with Crippen molar-refractivity contribution in [3.05, 3.63) is 83.6 Å². The molecule has 0 saturated carbocycles. The van der Waals surface area contributed by atoms with E-state index in [0.717, 1.165) is 22.0 Å². The summed E-state index contributed by atoms with van der Waals surface area (Å²) in [6, 6.07) is 13.7. The van der Waals surface area contributed by atoms with Crippen molar-refractivity contribution in [2.45, 2.75) is 17.7 Å². The fraction of sp³-hybridized carbons (Fsp3) is 0.207. The van der Waals surface area contributed by atoms with Gasteiger partial charge in [-0.25, -0.2) is 13.1 Å². The first-order chi connectivity index (χ1) is 18.7. The summed E-state index contributed by atoms with van der Waals surface area (Å²) >= 11 is 0. The molecule has 5 rings (SSSR count). The monoisotopic (exact) mass is 548 g/mol. The molecule has 1 aliphatic rings. The van der Waals surface area contributed by atoms with E-state index in [1.54, 1.807) is 30.3 Å². The lowest BCUT2D eigenvalue weighted by Gasteiger charge is -2.19. The molecule has 9 nitrogen and oxygen atoms in total. The molecule has 202 valence electrons. The van der Waals surface area contributed by atoms with Gasteiger partial charge in [-0.05, 0) is 59.5 Å². The van der Waals surface area contributed by atoms with Crippen molar-refractivity contribution < 1.29 is 32.2 Å². The second kappa shape index (κ2) is 10.0. The minimum Gasteiger partial charge on any atom is -0.495 e. The minimum atomic E-state index is -4.30. The van der Waals surface area contributed by atoms with Gasteiger partial charge < -0.3 is 23.5 Å². The highest BCUT2D eigenvalue weighted by Crippen LogP contribution is 2.45. The number of amides is 1. The quantitative estimate of drug-likeness (QED) is 0.345. The predicted octanol–water partition coefficient (Wildman–Crippen LogP) is 4.51. The van der Waals surface area contributed by atoms with Crippen LogP contribution < -0.4 is 23.7 Å². The lowest BCUT2D eigenvalue weighted by atomic mass is 9.89. The first kappa shape index (κ1) is 26.2. The number of nitrogens with zero attached hydrogens (tertiary/aromatic N) is 1. The topological polar surface area (TPSA) is 105 Å². The fourth-order valence-corrected chi connectivity index (χ4v) is 5.97. The molecule has 1 unspecified atom stereocenters. The zero-order valence-corrected chi connectivity index (χ0v) is 22.8. The summed E-state index contributed by atoms with van der Waals surface area (Å²) in [6.07, 6.45) is 3.55. The number of hydrogen-bond acceptors (Lipinski definition) is 7. The number of ether oxygens (including phenoxy) is 4. The number of methoxy groups -OCH3 is 2. The van der Waals surface area contributed by atoms with Gasteiger partial charge in [-0.15, -0.1) is 0 Å². The van der Waals surface area contributed by atoms with E-state index >= 15 is 0 Å². The Balaban J connectivity index is 1.67. The Kier molecular flexibility index (Phi) is 6.73. The van der Waals surface area contributed by atoms with Crippen LogP contribution in [0.2, 0.25) is 0 Å². The summed E-state index contributed by atoms with van der Waals surface area (Å²) in [5.41, 5.74) is 3.66. The third kappa shape index (κ3) is 4.67. The molecule has 1 N–H and O–H groups in total. The van der Waals surface area contributed by atoms with Gasteiger partial charge >= 0.3 is 0 Å². The molecule has 1 aliphatic heterocycles. The van der Waals surface area contributed by atoms with Crippen LogP contribution in [0.15, 0.2) is 66.2 Å². The van der Waals surface area contributed by atoms with Crippen LogP contribution in [0.25, 0.3) is 17.0 Å². The second-order valence-corrected chi connectivity index (χ2v) is 10.8. The van der Waals surface area contributed by atoms with Crippen LogP contribution in [0.4, 0.5) is 0 Å². The second-order valence-electron chi connectivity index (χ2n) is 9.19. The van der Waals surface area contributed by atoms with Gasteiger partial charge in [0.05, 0.1) is 20.1 Å². The van der Waals surface area contributed by atoms with Crippen molar-refractivity contribution in [2.24, 2.45) is 7.05 Å². The molecule has 0 aliphatic carbocycles. The van der Waals surface area contributed by atoms with Crippen molar-refractivity contribution >= 4 is 32.9 Å². The van der Waals surface area contributed by atoms with Gasteiger partial charge in [0.15, 0.2) is 11.5 Å². The Labute approximate surface area is 226 Å². The molecule has 1 atom stereocenters. The average Bonchev–Trinajstić information content (AvgIpc) is 3.52. The Morgan fingerprint density at radius 1 is 1.08 bits per heavy atom. The van der Waals surface area contributed by atoms with Crippen LogP contribution >= 0.6 is 0 Å². The van der Waals surface area contributed by atoms with Crippen molar-refractivity contribution in [1.82, 2.24) is 9.29 Å². The van der Waals surface area contributed by atoms with E-state index in [1.165, 1.54) is 20.3 Å². The molecule has 4 aromatic rings. The largest absolute Gasteiger partial charge is 0.495 e. The third-order valence-electron chi connectivity index (χ3n) is 6.71. The molecule has 0 fully saturated rings. The third-order valence-corrected chi connectivity index (χ3v) is 8.10. The van der Waals surface area contributed by atoms with E-state index in [4.69, 9.17) is 18.9 Å². The number of fused-ring (bicyclic) bond motifs is 2. The normalized spacial score (nSPS) is 13.2. The van der Waals surface area contributed by atoms with E-state index in [-0.39, 0.29) is 17.4 Å². The molecule has 10 heteroatoms. The van der Waals surface area contributed by atoms with E-state index in [1.807, 2.05) is 42.9 Å². The lowest BCUT2D eigenvalue weighted by molar-refractivity contribution is -0.119. The number of carbonyl (C=O) groups is 1. The summed E-state index contributed by atoms with van der Waals surface area (Å²) in [7, 11) is 0.432. The van der Waals surface area contributed by atoms with Crippen LogP contribution in [0.1, 0.15) is 28.2 Å². The van der Waals surface area contributed by atoms with Gasteiger partial charge in [-0.3, -0.25) is 4.79 Å². The highest BCUT2D eigenvalue weighted by atomic mass is 32.2. The Hall–Kier alpha value is -4.44. The highest BCUT2D eigenvalue weighted by Gasteiger charge is 2.33. The number of hydrogen-bond donors (Lipinski definition) is 1. The number of rotatable bonds is 8. The molecule has 1 amide bonds. The summed E-state index contributed by atoms with van der Waals surface area (Å²) in [4.78, 5) is 13.9. The van der Waals surface area contributed by atoms with Crippen LogP contribution in [0.5, 0.6) is 23.0 Å². The van der Waals surface area contributed by atoms with Crippen molar-refractivity contribution in [3.8, 4) is 23.0 Å². The maximum absolute atomic E-state index is 14.0. The molecule has 0 spiro atoms. The standard InChI is InChI=1S/C29H28N2O7S/c1-6-18-8-9-20-21(15-31(3)22(20)12-18)27(19-13-24(36-5)28-25(14-19)37-16-38-28)29(32)30-39(33,34)26-10-7-17(2)11-23(26)35-4/h6-15,27H,1,16H2,2-5H3,(H,30,32). The van der Waals surface area contributed by atoms with Crippen molar-refractivity contribution in [1.29, 1.82) is 0 Å². The zero-order chi connectivity index (χ0) is 27.9. The first-order valence-electron chi connectivity index (χ1n) is 12.1. The van der Waals surface area contributed by atoms with Gasteiger partial charge in [-0.1, -0.05) is 30.9 Å². The number of benzene rings is 3. The Bertz CT molecular complexity index is 1720. The lowest BCUT2D eigenvalue weighted by Crippen LogP contribution is -2.35. The van der Waals surface area contributed by atoms with E-state index in [0.29, 0.717) is 28.4 Å². The molecule has 0 radical (unpaired) electrons. The van der Waals surface area contributed by atoms with E-state index < -0.39 is 21.8 Å². The number of nitrogens with one attached hydrogen (secondary N) is 1. The zero-order valence-electron chi connectivity index (χ0n) is 22.0. The summed E-state index contributed by atoms with van der Waals surface area (Å²) in [6.45, 7) is 5.66. The van der Waals surface area contributed by atoms with Crippen LogP contribution in [0, 0.1) is 6.92 Å². The van der Waals surface area contributed by atoms with Crippen LogP contribution in [-0.2, 0) is 21.9 Å². The maximum atomic E-state index is 14.0. The van der Waals surface area contributed by atoms with Gasteiger partial charge in [0.25, 0.3) is 10.0 Å². The van der Waals surface area contributed by atoms with Gasteiger partial charge in [-0.2, -0.15) is 0 Å². The molecular weight excluding hydrogens is 520 g/mol. The fourth-order valence-electron chi connectivity index (χ4n) is 4.82. The highest BCUT2D eigenvalue weighted by molar-refractivity contribution is 7.90. The molecule has 3 aromatic carbocycles. The smallest absolute Gasteiger partial charge is 0.267 e. The Morgan fingerprint density at radius 2 is 1.85 bits per heavy atom. The number of aromatic nitrogens is 1. The first-order valence-corrected chi connectivity index (χ1v) is 13.6. The van der Waals surface area contributed by atoms with E-state index in [9.17, 15) is 13.2 Å². The minimum absolute atomic E-state index is 0.00616. The molecule has 2 heterocycles. The summed E-state index contributed by atoms with van der Waals surface area (Å²) < 4.78 is 53.0. The van der Waals surface area contributed by atoms with Gasteiger partial charge in [0.1, 0.15) is 10.6 Å². The Morgan fingerprint density at radius 3 is 2.56 bits per heavy atom. The van der Waals surface area contributed by atoms with E-state index in [2.05, 4.69) is 11.3 Å². The van der Waals surface area contributed by atoms with Crippen LogP contribution in [-0.4, -0.2) is 39.9 Å². The number of aryl methyl sites for hydroxylation is 2. The molecule has 1 aromatic heterocycles. The SMILES string of the molecule is C=Cc1ccc2c(C(C(=O)NS(=O)(=O)c3ccc(C)cc3OC)c3cc(OC)c4c(c3)OCO4)cn(C)c2c1. The van der Waals surface area contributed by atoms with Gasteiger partial charge in [0, 0.05) is 24.1 Å². The molecular formula is C29H28N2O7S. The molecule has 0 saturated heterocycles. The van der Waals surface area contributed by atoms with Crippen molar-refractivity contribution in [3.63, 3.8) is 0 Å². The van der Waals surface area contributed by atoms with Gasteiger partial charge in [0.2, 0.25) is 18.4 Å². The van der Waals surface area contributed by atoms with Crippen LogP contribution in [0.3, 0.4) is 0 Å². The van der Waals surface area contributed by atoms with Crippen molar-refractivity contribution in [2.75, 3.05) is 21.0 Å². The molecule has 0 bridgehead atoms. The number of sulfonamides is 1. The number of carbonyl (C=O) groups excluding carboxylic acids is 1. The maximum Gasteiger partial charge on any atom is 0.267 e. The average molecular weight is 549 g/mol. The summed E-state index contributed by atoms with van der Waals surface area (Å²) in [5, 5.41) is 0.783.